The van der Waals surface area contributed by atoms with E-state index >= 15 is 0 Å². The van der Waals surface area contributed by atoms with Crippen molar-refractivity contribution in [3.63, 3.8) is 0 Å². The minimum atomic E-state index is 0.172. The molecule has 2 aromatic rings. The highest BCUT2D eigenvalue weighted by Gasteiger charge is 2.10. The van der Waals surface area contributed by atoms with Gasteiger partial charge in [0.15, 0.2) is 5.11 Å². The first kappa shape index (κ1) is 16.5. The van der Waals surface area contributed by atoms with Gasteiger partial charge in [0.1, 0.15) is 0 Å². The summed E-state index contributed by atoms with van der Waals surface area (Å²) in [6, 6.07) is 13.0. The maximum absolute atomic E-state index is 5.45. The molecule has 0 aliphatic carbocycles. The summed E-state index contributed by atoms with van der Waals surface area (Å²) in [5.74, 6) is 0. The fourth-order valence-corrected chi connectivity index (χ4v) is 3.01. The van der Waals surface area contributed by atoms with Gasteiger partial charge in [-0.05, 0) is 81.2 Å². The molecule has 0 fully saturated rings. The summed E-state index contributed by atoms with van der Waals surface area (Å²) < 4.78 is 0. The first-order valence-electron chi connectivity index (χ1n) is 7.58. The van der Waals surface area contributed by atoms with Crippen molar-refractivity contribution in [2.75, 3.05) is 5.32 Å². The molecule has 0 aliphatic rings. The monoisotopic (exact) mass is 312 g/mol. The fraction of sp³-hybridized carbons (Fsp3) is 0.316. The number of aryl methyl sites for hydroxylation is 4. The molecule has 0 saturated heterocycles. The number of hydrogen-bond acceptors (Lipinski definition) is 1. The molecule has 0 radical (unpaired) electrons. The molecule has 2 rings (SSSR count). The van der Waals surface area contributed by atoms with Crippen LogP contribution in [0.4, 0.5) is 5.69 Å². The summed E-state index contributed by atoms with van der Waals surface area (Å²) in [7, 11) is 0. The highest BCUT2D eigenvalue weighted by atomic mass is 32.1. The summed E-state index contributed by atoms with van der Waals surface area (Å²) in [4.78, 5) is 0. The highest BCUT2D eigenvalue weighted by Crippen LogP contribution is 2.19. The van der Waals surface area contributed by atoms with Crippen LogP contribution < -0.4 is 10.6 Å². The molecular weight excluding hydrogens is 288 g/mol. The van der Waals surface area contributed by atoms with Gasteiger partial charge in [-0.2, -0.15) is 0 Å². The van der Waals surface area contributed by atoms with E-state index in [0.29, 0.717) is 5.11 Å². The predicted molar refractivity (Wildman–Crippen MR) is 99.6 cm³/mol. The second-order valence-corrected chi connectivity index (χ2v) is 6.46. The lowest BCUT2D eigenvalue weighted by Gasteiger charge is -2.20. The number of thiocarbonyl (C=S) groups is 1. The zero-order valence-electron chi connectivity index (χ0n) is 13.9. The Labute approximate surface area is 139 Å². The normalized spacial score (nSPS) is 11.9. The molecule has 0 saturated carbocycles. The molecule has 0 aliphatic heterocycles. The molecule has 2 aromatic carbocycles. The molecule has 0 aromatic heterocycles. The van der Waals surface area contributed by atoms with Crippen LogP contribution in [0.15, 0.2) is 36.4 Å². The summed E-state index contributed by atoms with van der Waals surface area (Å²) >= 11 is 5.45. The van der Waals surface area contributed by atoms with E-state index in [0.717, 1.165) is 5.69 Å². The van der Waals surface area contributed by atoms with Crippen LogP contribution in [0.1, 0.15) is 40.8 Å². The van der Waals surface area contributed by atoms with Gasteiger partial charge in [-0.25, -0.2) is 0 Å². The van der Waals surface area contributed by atoms with E-state index in [4.69, 9.17) is 12.2 Å². The summed E-state index contributed by atoms with van der Waals surface area (Å²) in [5, 5.41) is 7.30. The van der Waals surface area contributed by atoms with Crippen molar-refractivity contribution < 1.29 is 0 Å². The Balaban J connectivity index is 2.06. The SMILES string of the molecule is Cc1cc(C)cc(NC(=S)N[C@H](C)c2cc(C)ccc2C)c1. The van der Waals surface area contributed by atoms with Crippen molar-refractivity contribution in [1.29, 1.82) is 0 Å². The van der Waals surface area contributed by atoms with Crippen molar-refractivity contribution in [3.8, 4) is 0 Å². The lowest BCUT2D eigenvalue weighted by atomic mass is 10.0. The van der Waals surface area contributed by atoms with E-state index < -0.39 is 0 Å². The molecule has 0 heterocycles. The molecular formula is C19H24N2S. The molecule has 1 atom stereocenters. The predicted octanol–water partition coefficient (Wildman–Crippen LogP) is 4.97. The summed E-state index contributed by atoms with van der Waals surface area (Å²) in [6.07, 6.45) is 0. The van der Waals surface area contributed by atoms with Crippen molar-refractivity contribution >= 4 is 23.0 Å². The van der Waals surface area contributed by atoms with Crippen LogP contribution in [-0.2, 0) is 0 Å². The summed E-state index contributed by atoms with van der Waals surface area (Å²) in [6.45, 7) is 10.6. The third-order valence-corrected chi connectivity index (χ3v) is 3.95. The van der Waals surface area contributed by atoms with Crippen LogP contribution in [0.2, 0.25) is 0 Å². The topological polar surface area (TPSA) is 24.1 Å². The van der Waals surface area contributed by atoms with Gasteiger partial charge in [0.2, 0.25) is 0 Å². The Bertz CT molecular complexity index is 672. The van der Waals surface area contributed by atoms with Gasteiger partial charge in [0.25, 0.3) is 0 Å². The number of hydrogen-bond donors (Lipinski definition) is 2. The van der Waals surface area contributed by atoms with Gasteiger partial charge in [-0.15, -0.1) is 0 Å². The Kier molecular flexibility index (Phi) is 5.19. The Hall–Kier alpha value is -1.87. The highest BCUT2D eigenvalue weighted by molar-refractivity contribution is 7.80. The van der Waals surface area contributed by atoms with Crippen molar-refractivity contribution in [3.05, 3.63) is 64.2 Å². The molecule has 0 spiro atoms. The van der Waals surface area contributed by atoms with Gasteiger partial charge in [0.05, 0.1) is 6.04 Å². The maximum Gasteiger partial charge on any atom is 0.171 e. The van der Waals surface area contributed by atoms with E-state index in [9.17, 15) is 0 Å². The van der Waals surface area contributed by atoms with Crippen molar-refractivity contribution in [2.45, 2.75) is 40.7 Å². The second kappa shape index (κ2) is 6.93. The third-order valence-electron chi connectivity index (χ3n) is 3.73. The standard InChI is InChI=1S/C19H24N2S/c1-12-6-7-15(4)18(11-12)16(5)20-19(22)21-17-9-13(2)8-14(3)10-17/h6-11,16H,1-5H3,(H2,20,21,22)/t16-/m1/s1. The second-order valence-electron chi connectivity index (χ2n) is 6.06. The lowest BCUT2D eigenvalue weighted by molar-refractivity contribution is 0.716. The zero-order valence-corrected chi connectivity index (χ0v) is 14.8. The van der Waals surface area contributed by atoms with Crippen LogP contribution >= 0.6 is 12.2 Å². The zero-order chi connectivity index (χ0) is 16.3. The van der Waals surface area contributed by atoms with Crippen molar-refractivity contribution in [1.82, 2.24) is 5.32 Å². The van der Waals surface area contributed by atoms with Crippen LogP contribution in [-0.4, -0.2) is 5.11 Å². The van der Waals surface area contributed by atoms with Gasteiger partial charge in [-0.3, -0.25) is 0 Å². The number of benzene rings is 2. The largest absolute Gasteiger partial charge is 0.356 e. The smallest absolute Gasteiger partial charge is 0.171 e. The van der Waals surface area contributed by atoms with E-state index in [1.54, 1.807) is 0 Å². The van der Waals surface area contributed by atoms with E-state index in [1.807, 2.05) is 0 Å². The van der Waals surface area contributed by atoms with Crippen molar-refractivity contribution in [2.24, 2.45) is 0 Å². The Morgan fingerprint density at radius 3 is 2.18 bits per heavy atom. The first-order valence-corrected chi connectivity index (χ1v) is 7.99. The average Bonchev–Trinajstić information content (AvgIpc) is 2.39. The van der Waals surface area contributed by atoms with Crippen LogP contribution in [0, 0.1) is 27.7 Å². The van der Waals surface area contributed by atoms with E-state index in [2.05, 4.69) is 81.7 Å². The molecule has 2 nitrogen and oxygen atoms in total. The van der Waals surface area contributed by atoms with Gasteiger partial charge in [-0.1, -0.05) is 29.8 Å². The van der Waals surface area contributed by atoms with Gasteiger partial charge < -0.3 is 10.6 Å². The minimum absolute atomic E-state index is 0.172. The Morgan fingerprint density at radius 2 is 1.55 bits per heavy atom. The Morgan fingerprint density at radius 1 is 0.909 bits per heavy atom. The van der Waals surface area contributed by atoms with Crippen LogP contribution in [0.3, 0.4) is 0 Å². The average molecular weight is 312 g/mol. The molecule has 0 unspecified atom stereocenters. The number of anilines is 1. The number of rotatable bonds is 3. The number of nitrogens with one attached hydrogen (secondary N) is 2. The lowest BCUT2D eigenvalue weighted by Crippen LogP contribution is -2.31. The van der Waals surface area contributed by atoms with E-state index in [1.165, 1.54) is 27.8 Å². The summed E-state index contributed by atoms with van der Waals surface area (Å²) in [5.41, 5.74) is 7.32. The molecule has 0 bridgehead atoms. The fourth-order valence-electron chi connectivity index (χ4n) is 2.71. The van der Waals surface area contributed by atoms with Gasteiger partial charge >= 0.3 is 0 Å². The third kappa shape index (κ3) is 4.31. The molecule has 116 valence electrons. The molecule has 22 heavy (non-hydrogen) atoms. The quantitative estimate of drug-likeness (QED) is 0.783. The van der Waals surface area contributed by atoms with Crippen LogP contribution in [0.5, 0.6) is 0 Å². The van der Waals surface area contributed by atoms with Gasteiger partial charge in [0, 0.05) is 5.69 Å². The minimum Gasteiger partial charge on any atom is -0.356 e. The van der Waals surface area contributed by atoms with E-state index in [-0.39, 0.29) is 6.04 Å². The first-order chi connectivity index (χ1) is 10.3. The maximum atomic E-state index is 5.45. The van der Waals surface area contributed by atoms with Crippen LogP contribution in [0.25, 0.3) is 0 Å². The molecule has 2 N–H and O–H groups in total. The molecule has 0 amide bonds. The molecule has 3 heteroatoms.